The summed E-state index contributed by atoms with van der Waals surface area (Å²) in [7, 11) is 0. The Kier molecular flexibility index (Phi) is 5.90. The molecule has 0 aliphatic rings. The lowest BCUT2D eigenvalue weighted by Gasteiger charge is -2.05. The first kappa shape index (κ1) is 15.1. The summed E-state index contributed by atoms with van der Waals surface area (Å²) >= 11 is 0. The fraction of sp³-hybridized carbons (Fsp3) is 0.133. The van der Waals surface area contributed by atoms with E-state index in [0.29, 0.717) is 18.7 Å². The van der Waals surface area contributed by atoms with Crippen LogP contribution in [0.1, 0.15) is 11.1 Å². The molecule has 19 heavy (non-hydrogen) atoms. The van der Waals surface area contributed by atoms with Crippen LogP contribution in [0.25, 0.3) is 0 Å². The van der Waals surface area contributed by atoms with Crippen molar-refractivity contribution in [3.8, 4) is 0 Å². The molecule has 0 radical (unpaired) electrons. The number of anilines is 1. The van der Waals surface area contributed by atoms with Crippen LogP contribution in [0.5, 0.6) is 0 Å². The number of nitrogen functional groups attached to an aromatic ring is 1. The van der Waals surface area contributed by atoms with Crippen LogP contribution >= 0.6 is 12.4 Å². The van der Waals surface area contributed by atoms with Crippen molar-refractivity contribution in [1.82, 2.24) is 5.32 Å². The van der Waals surface area contributed by atoms with Crippen molar-refractivity contribution >= 4 is 24.0 Å². The van der Waals surface area contributed by atoms with Gasteiger partial charge in [-0.2, -0.15) is 0 Å². The number of hydrogen-bond acceptors (Lipinski definition) is 2. The van der Waals surface area contributed by atoms with Gasteiger partial charge in [0.15, 0.2) is 0 Å². The van der Waals surface area contributed by atoms with Crippen molar-refractivity contribution in [1.29, 1.82) is 0 Å². The minimum atomic E-state index is 0. The summed E-state index contributed by atoms with van der Waals surface area (Å²) in [6.07, 6.45) is 0.382. The van der Waals surface area contributed by atoms with Crippen molar-refractivity contribution in [3.63, 3.8) is 0 Å². The van der Waals surface area contributed by atoms with Gasteiger partial charge in [-0.3, -0.25) is 4.79 Å². The Morgan fingerprint density at radius 1 is 0.947 bits per heavy atom. The Morgan fingerprint density at radius 2 is 1.58 bits per heavy atom. The first-order chi connectivity index (χ1) is 8.74. The van der Waals surface area contributed by atoms with Gasteiger partial charge in [-0.15, -0.1) is 12.4 Å². The molecule has 2 rings (SSSR count). The lowest BCUT2D eigenvalue weighted by atomic mass is 10.1. The molecule has 0 heterocycles. The van der Waals surface area contributed by atoms with Gasteiger partial charge >= 0.3 is 0 Å². The number of carbonyl (C=O) groups is 1. The lowest BCUT2D eigenvalue weighted by molar-refractivity contribution is -0.120. The van der Waals surface area contributed by atoms with E-state index in [0.717, 1.165) is 11.1 Å². The molecular weight excluding hydrogens is 260 g/mol. The maximum absolute atomic E-state index is 11.7. The smallest absolute Gasteiger partial charge is 0.224 e. The van der Waals surface area contributed by atoms with Gasteiger partial charge in [-0.25, -0.2) is 0 Å². The lowest BCUT2D eigenvalue weighted by Crippen LogP contribution is -2.24. The van der Waals surface area contributed by atoms with Gasteiger partial charge in [0.25, 0.3) is 0 Å². The van der Waals surface area contributed by atoms with E-state index in [4.69, 9.17) is 5.73 Å². The van der Waals surface area contributed by atoms with Gasteiger partial charge < -0.3 is 11.1 Å². The molecule has 0 saturated heterocycles. The molecule has 0 bridgehead atoms. The summed E-state index contributed by atoms with van der Waals surface area (Å²) in [6, 6.07) is 17.2. The first-order valence-corrected chi connectivity index (χ1v) is 5.89. The maximum Gasteiger partial charge on any atom is 0.224 e. The standard InChI is InChI=1S/C15H16N2O.ClH/c16-14-8-6-12(7-9-14)10-15(18)17-11-13-4-2-1-3-5-13;/h1-9H,10-11,16H2,(H,17,18);1H. The Labute approximate surface area is 119 Å². The van der Waals surface area contributed by atoms with Crippen molar-refractivity contribution in [3.05, 3.63) is 65.7 Å². The van der Waals surface area contributed by atoms with E-state index < -0.39 is 0 Å². The Hall–Kier alpha value is -2.00. The molecular formula is C15H17ClN2O. The summed E-state index contributed by atoms with van der Waals surface area (Å²) in [5, 5.41) is 2.89. The molecule has 0 atom stereocenters. The maximum atomic E-state index is 11.7. The van der Waals surface area contributed by atoms with Crippen molar-refractivity contribution in [2.45, 2.75) is 13.0 Å². The fourth-order valence-corrected chi connectivity index (χ4v) is 1.68. The van der Waals surface area contributed by atoms with Crippen LogP contribution in [0, 0.1) is 0 Å². The highest BCUT2D eigenvalue weighted by atomic mass is 35.5. The average molecular weight is 277 g/mol. The molecule has 0 aromatic heterocycles. The van der Waals surface area contributed by atoms with Gasteiger partial charge in [0.2, 0.25) is 5.91 Å². The third-order valence-corrected chi connectivity index (χ3v) is 2.68. The second-order valence-corrected chi connectivity index (χ2v) is 4.18. The number of benzene rings is 2. The summed E-state index contributed by atoms with van der Waals surface area (Å²) in [5.41, 5.74) is 8.37. The van der Waals surface area contributed by atoms with Crippen molar-refractivity contribution in [2.24, 2.45) is 0 Å². The highest BCUT2D eigenvalue weighted by molar-refractivity contribution is 5.85. The zero-order chi connectivity index (χ0) is 12.8. The number of amides is 1. The minimum absolute atomic E-state index is 0. The summed E-state index contributed by atoms with van der Waals surface area (Å²) in [4.78, 5) is 11.7. The minimum Gasteiger partial charge on any atom is -0.399 e. The van der Waals surface area contributed by atoms with Gasteiger partial charge in [0.1, 0.15) is 0 Å². The molecule has 0 saturated carbocycles. The van der Waals surface area contributed by atoms with E-state index in [1.165, 1.54) is 0 Å². The quantitative estimate of drug-likeness (QED) is 0.843. The van der Waals surface area contributed by atoms with Crippen LogP contribution in [0.3, 0.4) is 0 Å². The number of carbonyl (C=O) groups excluding carboxylic acids is 1. The van der Waals surface area contributed by atoms with Crippen LogP contribution in [0.15, 0.2) is 54.6 Å². The molecule has 3 N–H and O–H groups in total. The molecule has 2 aromatic rings. The van der Waals surface area contributed by atoms with E-state index >= 15 is 0 Å². The number of halogens is 1. The number of hydrogen-bond donors (Lipinski definition) is 2. The summed E-state index contributed by atoms with van der Waals surface area (Å²) in [5.74, 6) is 0.0172. The largest absolute Gasteiger partial charge is 0.399 e. The van der Waals surface area contributed by atoms with Crippen molar-refractivity contribution < 1.29 is 4.79 Å². The van der Waals surface area contributed by atoms with Crippen LogP contribution < -0.4 is 11.1 Å². The van der Waals surface area contributed by atoms with E-state index in [1.807, 2.05) is 42.5 Å². The normalized spacial score (nSPS) is 9.47. The molecule has 2 aromatic carbocycles. The van der Waals surface area contributed by atoms with Crippen molar-refractivity contribution in [2.75, 3.05) is 5.73 Å². The van der Waals surface area contributed by atoms with Gasteiger partial charge in [-0.05, 0) is 23.3 Å². The van der Waals surface area contributed by atoms with Crippen LogP contribution in [-0.4, -0.2) is 5.91 Å². The Bertz CT molecular complexity index is 511. The summed E-state index contributed by atoms with van der Waals surface area (Å²) < 4.78 is 0. The number of nitrogens with two attached hydrogens (primary N) is 1. The third-order valence-electron chi connectivity index (χ3n) is 2.68. The van der Waals surface area contributed by atoms with Crippen LogP contribution in [-0.2, 0) is 17.8 Å². The topological polar surface area (TPSA) is 55.1 Å². The number of nitrogens with one attached hydrogen (secondary N) is 1. The van der Waals surface area contributed by atoms with Crippen LogP contribution in [0.2, 0.25) is 0 Å². The SMILES string of the molecule is Cl.Nc1ccc(CC(=O)NCc2ccccc2)cc1. The predicted molar refractivity (Wildman–Crippen MR) is 80.1 cm³/mol. The Balaban J connectivity index is 0.00000180. The molecule has 0 aliphatic heterocycles. The first-order valence-electron chi connectivity index (χ1n) is 5.89. The van der Waals surface area contributed by atoms with E-state index in [9.17, 15) is 4.79 Å². The fourth-order valence-electron chi connectivity index (χ4n) is 1.68. The molecule has 4 heteroatoms. The average Bonchev–Trinajstić information content (AvgIpc) is 2.40. The highest BCUT2D eigenvalue weighted by Crippen LogP contribution is 2.06. The van der Waals surface area contributed by atoms with Crippen LogP contribution in [0.4, 0.5) is 5.69 Å². The molecule has 0 spiro atoms. The van der Waals surface area contributed by atoms with Gasteiger partial charge in [-0.1, -0.05) is 42.5 Å². The zero-order valence-corrected chi connectivity index (χ0v) is 11.3. The Morgan fingerprint density at radius 3 is 2.21 bits per heavy atom. The predicted octanol–water partition coefficient (Wildman–Crippen LogP) is 2.55. The van der Waals surface area contributed by atoms with Gasteiger partial charge in [0, 0.05) is 12.2 Å². The molecule has 100 valence electrons. The summed E-state index contributed by atoms with van der Waals surface area (Å²) in [6.45, 7) is 0.564. The monoisotopic (exact) mass is 276 g/mol. The second-order valence-electron chi connectivity index (χ2n) is 4.18. The molecule has 0 unspecified atom stereocenters. The third kappa shape index (κ3) is 5.02. The molecule has 3 nitrogen and oxygen atoms in total. The molecule has 0 aliphatic carbocycles. The zero-order valence-electron chi connectivity index (χ0n) is 10.5. The molecule has 0 fully saturated rings. The van der Waals surface area contributed by atoms with Gasteiger partial charge in [0.05, 0.1) is 6.42 Å². The highest BCUT2D eigenvalue weighted by Gasteiger charge is 2.02. The van der Waals surface area contributed by atoms with E-state index in [2.05, 4.69) is 5.32 Å². The second kappa shape index (κ2) is 7.44. The number of rotatable bonds is 4. The van der Waals surface area contributed by atoms with E-state index in [1.54, 1.807) is 12.1 Å². The molecule has 1 amide bonds. The van der Waals surface area contributed by atoms with E-state index in [-0.39, 0.29) is 18.3 Å².